The number of nitrogens with zero attached hydrogens (tertiary/aromatic N) is 1. The van der Waals surface area contributed by atoms with Crippen molar-refractivity contribution in [3.8, 4) is 5.75 Å². The van der Waals surface area contributed by atoms with Gasteiger partial charge in [-0.3, -0.25) is 14.5 Å². The summed E-state index contributed by atoms with van der Waals surface area (Å²) in [5.74, 6) is -0.785. The van der Waals surface area contributed by atoms with Crippen LogP contribution in [0.5, 0.6) is 5.75 Å². The molecule has 0 saturated heterocycles. The Morgan fingerprint density at radius 1 is 1.00 bits per heavy atom. The van der Waals surface area contributed by atoms with Crippen LogP contribution in [-0.2, 0) is 15.0 Å². The third-order valence-corrected chi connectivity index (χ3v) is 6.88. The number of amides is 2. The lowest BCUT2D eigenvalue weighted by molar-refractivity contribution is -0.140. The van der Waals surface area contributed by atoms with Gasteiger partial charge in [-0.05, 0) is 55.5 Å². The van der Waals surface area contributed by atoms with Gasteiger partial charge in [0.15, 0.2) is 0 Å². The van der Waals surface area contributed by atoms with Crippen molar-refractivity contribution < 1.29 is 19.1 Å². The molecule has 0 bridgehead atoms. The summed E-state index contributed by atoms with van der Waals surface area (Å²) in [5.41, 5.74) is 2.87. The summed E-state index contributed by atoms with van der Waals surface area (Å²) in [6, 6.07) is 12.2. The first-order chi connectivity index (χ1) is 16.6. The molecule has 0 aromatic heterocycles. The van der Waals surface area contributed by atoms with Gasteiger partial charge in [0.1, 0.15) is 16.5 Å². The van der Waals surface area contributed by atoms with Gasteiger partial charge in [0.05, 0.1) is 5.56 Å². The third-order valence-electron chi connectivity index (χ3n) is 6.53. The molecule has 1 heterocycles. The minimum Gasteiger partial charge on any atom is -0.423 e. The van der Waals surface area contributed by atoms with Gasteiger partial charge < -0.3 is 10.1 Å². The number of carbonyl (C=O) groups excluding carboxylic acids is 3. The highest BCUT2D eigenvalue weighted by atomic mass is 35.5. The standard InChI is InChI=1S/C28H31ClN2O4/c1-17-10-15-22(21(16-17)28(2,3)4)35-27(34)18-11-13-19(14-12-18)30-24-23(29)25(32)31(26(24)33)20-8-6-5-7-9-20/h10-16,20,30H,5-9H2,1-4H3. The highest BCUT2D eigenvalue weighted by molar-refractivity contribution is 6.48. The Bertz CT molecular complexity index is 1190. The quantitative estimate of drug-likeness (QED) is 0.310. The van der Waals surface area contributed by atoms with Crippen molar-refractivity contribution in [2.45, 2.75) is 71.3 Å². The number of benzene rings is 2. The second-order valence-electron chi connectivity index (χ2n) is 10.3. The van der Waals surface area contributed by atoms with Crippen LogP contribution in [0.3, 0.4) is 0 Å². The van der Waals surface area contributed by atoms with E-state index < -0.39 is 17.8 Å². The average molecular weight is 495 g/mol. The molecule has 0 atom stereocenters. The second kappa shape index (κ2) is 9.86. The van der Waals surface area contributed by atoms with Crippen LogP contribution in [-0.4, -0.2) is 28.7 Å². The fourth-order valence-corrected chi connectivity index (χ4v) is 4.83. The van der Waals surface area contributed by atoms with E-state index in [0.717, 1.165) is 43.2 Å². The zero-order chi connectivity index (χ0) is 25.3. The summed E-state index contributed by atoms with van der Waals surface area (Å²) in [5, 5.41) is 2.88. The molecule has 35 heavy (non-hydrogen) atoms. The minimum atomic E-state index is -0.473. The van der Waals surface area contributed by atoms with Crippen LogP contribution in [0.1, 0.15) is 74.4 Å². The van der Waals surface area contributed by atoms with E-state index >= 15 is 0 Å². The first-order valence-electron chi connectivity index (χ1n) is 12.0. The average Bonchev–Trinajstić information content (AvgIpc) is 3.03. The van der Waals surface area contributed by atoms with Crippen LogP contribution in [0.25, 0.3) is 0 Å². The Kier molecular flexibility index (Phi) is 7.04. The maximum atomic E-state index is 13.0. The number of esters is 1. The smallest absolute Gasteiger partial charge is 0.343 e. The molecule has 1 aliphatic carbocycles. The van der Waals surface area contributed by atoms with Gasteiger partial charge in [0, 0.05) is 17.3 Å². The Morgan fingerprint density at radius 2 is 1.66 bits per heavy atom. The van der Waals surface area contributed by atoms with E-state index in [-0.39, 0.29) is 22.2 Å². The molecule has 7 heteroatoms. The van der Waals surface area contributed by atoms with E-state index in [9.17, 15) is 14.4 Å². The van der Waals surface area contributed by atoms with Gasteiger partial charge in [-0.25, -0.2) is 4.79 Å². The van der Waals surface area contributed by atoms with Gasteiger partial charge in [-0.1, -0.05) is 69.3 Å². The lowest BCUT2D eigenvalue weighted by atomic mass is 9.85. The first kappa shape index (κ1) is 25.0. The Labute approximate surface area is 211 Å². The number of imide groups is 1. The van der Waals surface area contributed by atoms with Crippen LogP contribution < -0.4 is 10.1 Å². The maximum absolute atomic E-state index is 13.0. The van der Waals surface area contributed by atoms with Crippen LogP contribution in [0.2, 0.25) is 0 Å². The zero-order valence-corrected chi connectivity index (χ0v) is 21.4. The molecule has 0 unspecified atom stereocenters. The largest absolute Gasteiger partial charge is 0.423 e. The lowest BCUT2D eigenvalue weighted by Crippen LogP contribution is -2.42. The molecule has 4 rings (SSSR count). The second-order valence-corrected chi connectivity index (χ2v) is 10.7. The monoisotopic (exact) mass is 494 g/mol. The van der Waals surface area contributed by atoms with Gasteiger partial charge >= 0.3 is 5.97 Å². The molecule has 2 aliphatic rings. The van der Waals surface area contributed by atoms with Gasteiger partial charge in [-0.2, -0.15) is 0 Å². The summed E-state index contributed by atoms with van der Waals surface area (Å²) in [7, 11) is 0. The van der Waals surface area contributed by atoms with E-state index in [2.05, 4.69) is 26.1 Å². The highest BCUT2D eigenvalue weighted by Gasteiger charge is 2.42. The Morgan fingerprint density at radius 3 is 2.29 bits per heavy atom. The highest BCUT2D eigenvalue weighted by Crippen LogP contribution is 2.34. The molecule has 6 nitrogen and oxygen atoms in total. The summed E-state index contributed by atoms with van der Waals surface area (Å²) in [4.78, 5) is 39.8. The number of halogens is 1. The molecule has 1 N–H and O–H groups in total. The number of aryl methyl sites for hydroxylation is 1. The fraction of sp³-hybridized carbons (Fsp3) is 0.393. The third kappa shape index (κ3) is 5.27. The zero-order valence-electron chi connectivity index (χ0n) is 20.6. The molecule has 1 fully saturated rings. The molecule has 2 amide bonds. The molecular formula is C28H31ClN2O4. The predicted molar refractivity (Wildman–Crippen MR) is 137 cm³/mol. The molecule has 2 aromatic rings. The van der Waals surface area contributed by atoms with E-state index in [1.807, 2.05) is 25.1 Å². The van der Waals surface area contributed by atoms with E-state index in [1.165, 1.54) is 4.90 Å². The summed E-state index contributed by atoms with van der Waals surface area (Å²) >= 11 is 6.25. The number of ether oxygens (including phenoxy) is 1. The van der Waals surface area contributed by atoms with Crippen molar-refractivity contribution in [2.24, 2.45) is 0 Å². The van der Waals surface area contributed by atoms with E-state index in [4.69, 9.17) is 16.3 Å². The maximum Gasteiger partial charge on any atom is 0.343 e. The van der Waals surface area contributed by atoms with Gasteiger partial charge in [0.25, 0.3) is 11.8 Å². The van der Waals surface area contributed by atoms with E-state index in [0.29, 0.717) is 17.0 Å². The van der Waals surface area contributed by atoms with Crippen LogP contribution in [0.15, 0.2) is 53.2 Å². The van der Waals surface area contributed by atoms with Crippen molar-refractivity contribution in [3.63, 3.8) is 0 Å². The van der Waals surface area contributed by atoms with Gasteiger partial charge in [-0.15, -0.1) is 0 Å². The molecule has 184 valence electrons. The van der Waals surface area contributed by atoms with Crippen molar-refractivity contribution in [3.05, 3.63) is 69.9 Å². The fourth-order valence-electron chi connectivity index (χ4n) is 4.61. The number of hydrogen-bond donors (Lipinski definition) is 1. The van der Waals surface area contributed by atoms with Crippen LogP contribution in [0.4, 0.5) is 5.69 Å². The molecular weight excluding hydrogens is 464 g/mol. The number of carbonyl (C=O) groups is 3. The van der Waals surface area contributed by atoms with Gasteiger partial charge in [0.2, 0.25) is 0 Å². The normalized spacial score (nSPS) is 17.2. The molecule has 0 spiro atoms. The SMILES string of the molecule is Cc1ccc(OC(=O)c2ccc(NC3=C(Cl)C(=O)N(C4CCCCC4)C3=O)cc2)c(C(C)(C)C)c1. The number of hydrogen-bond acceptors (Lipinski definition) is 5. The minimum absolute atomic E-state index is 0.0760. The Balaban J connectivity index is 1.47. The molecule has 2 aromatic carbocycles. The van der Waals surface area contributed by atoms with Crippen molar-refractivity contribution in [1.82, 2.24) is 4.90 Å². The first-order valence-corrected chi connectivity index (χ1v) is 12.4. The van der Waals surface area contributed by atoms with Crippen molar-refractivity contribution in [1.29, 1.82) is 0 Å². The molecule has 1 saturated carbocycles. The van der Waals surface area contributed by atoms with Crippen LogP contribution >= 0.6 is 11.6 Å². The van der Waals surface area contributed by atoms with Crippen molar-refractivity contribution >= 4 is 35.1 Å². The summed E-state index contributed by atoms with van der Waals surface area (Å²) in [6.45, 7) is 8.23. The predicted octanol–water partition coefficient (Wildman–Crippen LogP) is 6.08. The summed E-state index contributed by atoms with van der Waals surface area (Å²) in [6.07, 6.45) is 4.74. The van der Waals surface area contributed by atoms with E-state index in [1.54, 1.807) is 24.3 Å². The summed E-state index contributed by atoms with van der Waals surface area (Å²) < 4.78 is 5.72. The number of anilines is 1. The molecule has 1 aliphatic heterocycles. The number of nitrogens with one attached hydrogen (secondary N) is 1. The van der Waals surface area contributed by atoms with Crippen LogP contribution in [0, 0.1) is 6.92 Å². The number of rotatable bonds is 5. The topological polar surface area (TPSA) is 75.7 Å². The van der Waals surface area contributed by atoms with Crippen molar-refractivity contribution in [2.75, 3.05) is 5.32 Å². The lowest BCUT2D eigenvalue weighted by Gasteiger charge is -2.29. The Hall–Kier alpha value is -3.12. The molecule has 0 radical (unpaired) electrons.